The van der Waals surface area contributed by atoms with E-state index in [1.807, 2.05) is 0 Å². The summed E-state index contributed by atoms with van der Waals surface area (Å²) in [4.78, 5) is 0. The second kappa shape index (κ2) is 2.32. The lowest BCUT2D eigenvalue weighted by atomic mass is 10.0. The van der Waals surface area contributed by atoms with Crippen molar-refractivity contribution in [3.63, 3.8) is 0 Å². The van der Waals surface area contributed by atoms with Crippen LogP contribution in [0.4, 0.5) is 0 Å². The molecule has 1 fully saturated rings. The largest absolute Gasteiger partial charge is 0.328 e. The minimum atomic E-state index is 0.843. The molecule has 0 heteroatoms. The van der Waals surface area contributed by atoms with E-state index < -0.39 is 0 Å². The third-order valence-electron chi connectivity index (χ3n) is 3.04. The molecule has 0 bridgehead atoms. The van der Waals surface area contributed by atoms with Crippen molar-refractivity contribution in [3.8, 4) is 0 Å². The van der Waals surface area contributed by atoms with E-state index >= 15 is 0 Å². The lowest BCUT2D eigenvalue weighted by molar-refractivity contribution is 0.533. The van der Waals surface area contributed by atoms with Crippen molar-refractivity contribution in [2.24, 2.45) is 23.7 Å². The highest BCUT2D eigenvalue weighted by Crippen LogP contribution is 2.50. The third kappa shape index (κ3) is 1.12. The van der Waals surface area contributed by atoms with E-state index in [1.165, 1.54) is 0 Å². The summed E-state index contributed by atoms with van der Waals surface area (Å²) < 4.78 is 0. The number of rotatable bonds is 2. The fourth-order valence-corrected chi connectivity index (χ4v) is 1.88. The molecule has 0 N–H and O–H groups in total. The van der Waals surface area contributed by atoms with Crippen molar-refractivity contribution in [1.29, 1.82) is 0 Å². The van der Waals surface area contributed by atoms with E-state index in [0.717, 1.165) is 23.7 Å². The van der Waals surface area contributed by atoms with E-state index in [9.17, 15) is 0 Å². The van der Waals surface area contributed by atoms with Crippen LogP contribution in [0.25, 0.3) is 0 Å². The molecule has 0 heterocycles. The Hall–Kier alpha value is 0. The van der Waals surface area contributed by atoms with E-state index in [4.69, 9.17) is 0 Å². The summed E-state index contributed by atoms with van der Waals surface area (Å²) in [5, 5.41) is 0. The summed E-state index contributed by atoms with van der Waals surface area (Å²) in [6.07, 6.45) is 2.32. The maximum absolute atomic E-state index is 2.36. The van der Waals surface area contributed by atoms with E-state index in [2.05, 4.69) is 34.1 Å². The Bertz CT molecular complexity index is 88.2. The van der Waals surface area contributed by atoms with Crippen LogP contribution in [0.3, 0.4) is 0 Å². The SMILES string of the molecule is C[CH-]C(C)C1C(C)C1C. The predicted molar refractivity (Wildman–Crippen MR) is 41.0 cm³/mol. The fourth-order valence-electron chi connectivity index (χ4n) is 1.88. The molecule has 0 aromatic carbocycles. The Labute approximate surface area is 58.7 Å². The Kier molecular flexibility index (Phi) is 1.83. The van der Waals surface area contributed by atoms with Crippen molar-refractivity contribution >= 4 is 0 Å². The highest BCUT2D eigenvalue weighted by Gasteiger charge is 2.42. The first-order chi connectivity index (χ1) is 4.18. The van der Waals surface area contributed by atoms with Crippen molar-refractivity contribution in [3.05, 3.63) is 6.42 Å². The zero-order chi connectivity index (χ0) is 7.02. The first kappa shape index (κ1) is 7.11. The molecule has 54 valence electrons. The van der Waals surface area contributed by atoms with Gasteiger partial charge in [-0.25, -0.2) is 0 Å². The lowest BCUT2D eigenvalue weighted by Crippen LogP contribution is -1.97. The molecule has 0 aromatic heterocycles. The van der Waals surface area contributed by atoms with Crippen LogP contribution in [0.1, 0.15) is 27.7 Å². The van der Waals surface area contributed by atoms with Gasteiger partial charge in [0.15, 0.2) is 0 Å². The zero-order valence-electron chi connectivity index (χ0n) is 6.89. The molecule has 3 unspecified atom stereocenters. The van der Waals surface area contributed by atoms with Crippen molar-refractivity contribution in [1.82, 2.24) is 0 Å². The second-order valence-electron chi connectivity index (χ2n) is 3.49. The summed E-state index contributed by atoms with van der Waals surface area (Å²) in [6.45, 7) is 9.21. The average Bonchev–Trinajstić information content (AvgIpc) is 2.40. The van der Waals surface area contributed by atoms with Crippen molar-refractivity contribution in [2.75, 3.05) is 0 Å². The van der Waals surface area contributed by atoms with Gasteiger partial charge in [-0.3, -0.25) is 0 Å². The molecule has 0 aliphatic heterocycles. The molecule has 1 rings (SSSR count). The van der Waals surface area contributed by atoms with Crippen molar-refractivity contribution < 1.29 is 0 Å². The van der Waals surface area contributed by atoms with E-state index in [-0.39, 0.29) is 0 Å². The van der Waals surface area contributed by atoms with Gasteiger partial charge in [-0.1, -0.05) is 26.7 Å². The molecule has 0 nitrogen and oxygen atoms in total. The van der Waals surface area contributed by atoms with Crippen LogP contribution in [-0.2, 0) is 0 Å². The maximum atomic E-state index is 2.36. The topological polar surface area (TPSA) is 0 Å². The average molecular weight is 125 g/mol. The van der Waals surface area contributed by atoms with Crippen LogP contribution >= 0.6 is 0 Å². The van der Waals surface area contributed by atoms with Crippen LogP contribution in [-0.4, -0.2) is 0 Å². The van der Waals surface area contributed by atoms with Gasteiger partial charge in [0.2, 0.25) is 0 Å². The van der Waals surface area contributed by atoms with Gasteiger partial charge in [0.1, 0.15) is 0 Å². The van der Waals surface area contributed by atoms with Crippen molar-refractivity contribution in [2.45, 2.75) is 27.7 Å². The van der Waals surface area contributed by atoms with Gasteiger partial charge in [0.05, 0.1) is 0 Å². The Balaban J connectivity index is 2.31. The normalized spacial score (nSPS) is 44.7. The molecule has 1 aliphatic carbocycles. The Morgan fingerprint density at radius 1 is 1.22 bits per heavy atom. The van der Waals surface area contributed by atoms with Crippen LogP contribution in [0.5, 0.6) is 0 Å². The lowest BCUT2D eigenvalue weighted by Gasteiger charge is -2.16. The van der Waals surface area contributed by atoms with Gasteiger partial charge in [0, 0.05) is 0 Å². The van der Waals surface area contributed by atoms with Gasteiger partial charge < -0.3 is 6.42 Å². The Morgan fingerprint density at radius 2 is 1.67 bits per heavy atom. The van der Waals surface area contributed by atoms with Gasteiger partial charge in [-0.15, -0.1) is 0 Å². The molecule has 1 aliphatic rings. The minimum absolute atomic E-state index is 0.843. The number of hydrogen-bond donors (Lipinski definition) is 0. The highest BCUT2D eigenvalue weighted by molar-refractivity contribution is 4.96. The van der Waals surface area contributed by atoms with Crippen LogP contribution < -0.4 is 0 Å². The smallest absolute Gasteiger partial charge is 0.0406 e. The summed E-state index contributed by atoms with van der Waals surface area (Å²) in [5.74, 6) is 3.80. The van der Waals surface area contributed by atoms with E-state index in [0.29, 0.717) is 0 Å². The standard InChI is InChI=1S/C9H17/c1-5-6(2)9-7(3)8(9)4/h5-9H,1-4H3/q-1. The second-order valence-corrected chi connectivity index (χ2v) is 3.49. The van der Waals surface area contributed by atoms with Gasteiger partial charge >= 0.3 is 0 Å². The molecule has 3 atom stereocenters. The zero-order valence-corrected chi connectivity index (χ0v) is 6.89. The minimum Gasteiger partial charge on any atom is -0.328 e. The van der Waals surface area contributed by atoms with Crippen LogP contribution in [0.2, 0.25) is 0 Å². The van der Waals surface area contributed by atoms with Gasteiger partial charge in [0.25, 0.3) is 0 Å². The molecular weight excluding hydrogens is 108 g/mol. The molecule has 0 radical (unpaired) electrons. The summed E-state index contributed by atoms with van der Waals surface area (Å²) >= 11 is 0. The molecule has 0 saturated heterocycles. The quantitative estimate of drug-likeness (QED) is 0.498. The molecule has 0 spiro atoms. The van der Waals surface area contributed by atoms with Gasteiger partial charge in [-0.05, 0) is 11.8 Å². The Morgan fingerprint density at radius 3 is 1.78 bits per heavy atom. The molecular formula is C9H17-. The summed E-state index contributed by atoms with van der Waals surface area (Å²) in [5.41, 5.74) is 0. The summed E-state index contributed by atoms with van der Waals surface area (Å²) in [6, 6.07) is 0. The third-order valence-corrected chi connectivity index (χ3v) is 3.04. The number of hydrogen-bond acceptors (Lipinski definition) is 0. The van der Waals surface area contributed by atoms with Gasteiger partial charge in [-0.2, -0.15) is 12.8 Å². The first-order valence-electron chi connectivity index (χ1n) is 3.98. The van der Waals surface area contributed by atoms with E-state index in [1.54, 1.807) is 0 Å². The molecule has 0 amide bonds. The molecule has 1 saturated carbocycles. The first-order valence-corrected chi connectivity index (χ1v) is 3.98. The van der Waals surface area contributed by atoms with Crippen LogP contribution in [0, 0.1) is 30.1 Å². The highest BCUT2D eigenvalue weighted by atomic mass is 14.5. The van der Waals surface area contributed by atoms with Crippen LogP contribution in [0.15, 0.2) is 0 Å². The molecule has 0 aromatic rings. The fraction of sp³-hybridized carbons (Fsp3) is 0.889. The maximum Gasteiger partial charge on any atom is -0.0406 e. The predicted octanol–water partition coefficient (Wildman–Crippen LogP) is 2.75. The molecule has 9 heavy (non-hydrogen) atoms. The summed E-state index contributed by atoms with van der Waals surface area (Å²) in [7, 11) is 0. The monoisotopic (exact) mass is 125 g/mol.